The molecule has 5 rings (SSSR count). The van der Waals surface area contributed by atoms with E-state index in [-0.39, 0.29) is 29.7 Å². The maximum absolute atomic E-state index is 13.6. The van der Waals surface area contributed by atoms with Crippen LogP contribution in [0.1, 0.15) is 27.9 Å². The van der Waals surface area contributed by atoms with Gasteiger partial charge >= 0.3 is 0 Å². The Bertz CT molecular complexity index is 1360. The van der Waals surface area contributed by atoms with Crippen LogP contribution in [0.5, 0.6) is 0 Å². The summed E-state index contributed by atoms with van der Waals surface area (Å²) >= 11 is 0. The molecule has 8 heteroatoms. The van der Waals surface area contributed by atoms with Crippen molar-refractivity contribution in [1.29, 1.82) is 0 Å². The standard InChI is InChI=1S/C26H26FN3O3S/c1-28(2)22-7-5-6-20(16-22)25(31)29-15-14-26(18-29)23-8-3-4-9-24(23)34(32,33)30(26)17-19-10-12-21(27)13-11-19/h3-13,16H,14-15,17-18H2,1-2H3/t26-/m0/s1. The molecule has 1 amide bonds. The molecule has 34 heavy (non-hydrogen) atoms. The Labute approximate surface area is 199 Å². The van der Waals surface area contributed by atoms with Crippen molar-refractivity contribution in [3.05, 3.63) is 95.3 Å². The molecule has 6 nitrogen and oxygen atoms in total. The van der Waals surface area contributed by atoms with Crippen molar-refractivity contribution < 1.29 is 17.6 Å². The third-order valence-corrected chi connectivity index (χ3v) is 8.79. The number of fused-ring (bicyclic) bond motifs is 2. The molecule has 0 aliphatic carbocycles. The van der Waals surface area contributed by atoms with Gasteiger partial charge < -0.3 is 9.80 Å². The fourth-order valence-corrected chi connectivity index (χ4v) is 7.09. The van der Waals surface area contributed by atoms with Crippen molar-refractivity contribution in [2.45, 2.75) is 23.4 Å². The predicted molar refractivity (Wildman–Crippen MR) is 129 cm³/mol. The fourth-order valence-electron chi connectivity index (χ4n) is 5.04. The molecule has 0 radical (unpaired) electrons. The first kappa shape index (κ1) is 22.6. The fraction of sp³-hybridized carbons (Fsp3) is 0.269. The molecule has 2 heterocycles. The van der Waals surface area contributed by atoms with Gasteiger partial charge in [-0.05, 0) is 53.9 Å². The number of carbonyl (C=O) groups excluding carboxylic acids is 1. The highest BCUT2D eigenvalue weighted by Gasteiger charge is 2.57. The van der Waals surface area contributed by atoms with E-state index in [0.717, 1.165) is 11.3 Å². The van der Waals surface area contributed by atoms with E-state index in [1.54, 1.807) is 35.2 Å². The van der Waals surface area contributed by atoms with Crippen molar-refractivity contribution in [2.24, 2.45) is 0 Å². The van der Waals surface area contributed by atoms with Crippen LogP contribution < -0.4 is 4.90 Å². The van der Waals surface area contributed by atoms with Crippen molar-refractivity contribution in [2.75, 3.05) is 32.1 Å². The lowest BCUT2D eigenvalue weighted by Crippen LogP contribution is -2.46. The molecule has 1 saturated heterocycles. The van der Waals surface area contributed by atoms with Crippen LogP contribution in [0.3, 0.4) is 0 Å². The monoisotopic (exact) mass is 479 g/mol. The molecule has 2 aliphatic heterocycles. The normalized spacial score (nSPS) is 21.1. The van der Waals surface area contributed by atoms with Gasteiger partial charge in [0.25, 0.3) is 5.91 Å². The van der Waals surface area contributed by atoms with Gasteiger partial charge in [0.15, 0.2) is 0 Å². The van der Waals surface area contributed by atoms with Gasteiger partial charge in [-0.2, -0.15) is 4.31 Å². The summed E-state index contributed by atoms with van der Waals surface area (Å²) in [5.74, 6) is -0.493. The molecule has 1 atom stereocenters. The number of rotatable bonds is 4. The molecule has 0 bridgehead atoms. The largest absolute Gasteiger partial charge is 0.378 e. The van der Waals surface area contributed by atoms with Crippen molar-refractivity contribution in [1.82, 2.24) is 9.21 Å². The molecular weight excluding hydrogens is 453 g/mol. The zero-order valence-corrected chi connectivity index (χ0v) is 19.9. The highest BCUT2D eigenvalue weighted by atomic mass is 32.2. The molecule has 2 aliphatic rings. The molecule has 0 N–H and O–H groups in total. The summed E-state index contributed by atoms with van der Waals surface area (Å²) in [4.78, 5) is 17.4. The summed E-state index contributed by atoms with van der Waals surface area (Å²) in [5, 5.41) is 0. The number of likely N-dealkylation sites (tertiary alicyclic amines) is 1. The molecule has 1 fully saturated rings. The first-order valence-electron chi connectivity index (χ1n) is 11.2. The molecule has 0 saturated carbocycles. The Morgan fingerprint density at radius 1 is 1.03 bits per heavy atom. The number of sulfonamides is 1. The Kier molecular flexibility index (Phi) is 5.45. The predicted octanol–water partition coefficient (Wildman–Crippen LogP) is 3.84. The van der Waals surface area contributed by atoms with E-state index in [1.165, 1.54) is 16.4 Å². The van der Waals surface area contributed by atoms with Crippen LogP contribution in [-0.2, 0) is 22.1 Å². The number of halogens is 1. The quantitative estimate of drug-likeness (QED) is 0.571. The lowest BCUT2D eigenvalue weighted by atomic mass is 9.88. The van der Waals surface area contributed by atoms with E-state index in [0.29, 0.717) is 24.1 Å². The Balaban J connectivity index is 1.52. The zero-order valence-electron chi connectivity index (χ0n) is 19.1. The molecule has 176 valence electrons. The Hall–Kier alpha value is -3.23. The van der Waals surface area contributed by atoms with Crippen LogP contribution in [-0.4, -0.2) is 50.7 Å². The average molecular weight is 480 g/mol. The van der Waals surface area contributed by atoms with Gasteiger partial charge in [-0.25, -0.2) is 12.8 Å². The smallest absolute Gasteiger partial charge is 0.254 e. The highest BCUT2D eigenvalue weighted by Crippen LogP contribution is 2.50. The summed E-state index contributed by atoms with van der Waals surface area (Å²) in [5.41, 5.74) is 2.04. The summed E-state index contributed by atoms with van der Waals surface area (Å²) in [6.07, 6.45) is 0.490. The minimum atomic E-state index is -3.78. The lowest BCUT2D eigenvalue weighted by molar-refractivity contribution is 0.0762. The third-order valence-electron chi connectivity index (χ3n) is 6.82. The van der Waals surface area contributed by atoms with Crippen LogP contribution in [0.15, 0.2) is 77.7 Å². The summed E-state index contributed by atoms with van der Waals surface area (Å²) < 4.78 is 42.2. The van der Waals surface area contributed by atoms with Gasteiger partial charge in [-0.15, -0.1) is 0 Å². The van der Waals surface area contributed by atoms with Crippen molar-refractivity contribution in [3.63, 3.8) is 0 Å². The number of hydrogen-bond donors (Lipinski definition) is 0. The van der Waals surface area contributed by atoms with Crippen LogP contribution in [0.25, 0.3) is 0 Å². The third kappa shape index (κ3) is 3.58. The molecule has 1 spiro atoms. The number of carbonyl (C=O) groups is 1. The maximum atomic E-state index is 13.6. The van der Waals surface area contributed by atoms with Gasteiger partial charge in [0.2, 0.25) is 10.0 Å². The summed E-state index contributed by atoms with van der Waals surface area (Å²) in [6, 6.07) is 20.3. The van der Waals surface area contributed by atoms with Crippen LogP contribution in [0.2, 0.25) is 0 Å². The number of nitrogens with zero attached hydrogens (tertiary/aromatic N) is 3. The highest BCUT2D eigenvalue weighted by molar-refractivity contribution is 7.89. The Morgan fingerprint density at radius 3 is 2.50 bits per heavy atom. The minimum absolute atomic E-state index is 0.107. The van der Waals surface area contributed by atoms with E-state index in [1.807, 2.05) is 49.3 Å². The van der Waals surface area contributed by atoms with E-state index >= 15 is 0 Å². The minimum Gasteiger partial charge on any atom is -0.378 e. The number of anilines is 1. The summed E-state index contributed by atoms with van der Waals surface area (Å²) in [6.45, 7) is 0.805. The van der Waals surface area contributed by atoms with E-state index in [4.69, 9.17) is 0 Å². The van der Waals surface area contributed by atoms with E-state index in [9.17, 15) is 17.6 Å². The van der Waals surface area contributed by atoms with E-state index < -0.39 is 15.6 Å². The second-order valence-electron chi connectivity index (χ2n) is 9.09. The first-order valence-corrected chi connectivity index (χ1v) is 12.6. The zero-order chi connectivity index (χ0) is 24.1. The Morgan fingerprint density at radius 2 is 1.76 bits per heavy atom. The van der Waals surface area contributed by atoms with Crippen molar-refractivity contribution >= 4 is 21.6 Å². The topological polar surface area (TPSA) is 60.9 Å². The maximum Gasteiger partial charge on any atom is 0.254 e. The van der Waals surface area contributed by atoms with Crippen LogP contribution in [0, 0.1) is 5.82 Å². The molecule has 0 aromatic heterocycles. The lowest BCUT2D eigenvalue weighted by Gasteiger charge is -2.34. The van der Waals surface area contributed by atoms with E-state index in [2.05, 4.69) is 0 Å². The van der Waals surface area contributed by atoms with Gasteiger partial charge in [0, 0.05) is 45.0 Å². The molecule has 0 unspecified atom stereocenters. The van der Waals surface area contributed by atoms with Crippen molar-refractivity contribution in [3.8, 4) is 0 Å². The van der Waals surface area contributed by atoms with Gasteiger partial charge in [-0.1, -0.05) is 36.4 Å². The van der Waals surface area contributed by atoms with Crippen LogP contribution in [0.4, 0.5) is 10.1 Å². The van der Waals surface area contributed by atoms with Gasteiger partial charge in [0.05, 0.1) is 10.4 Å². The number of hydrogen-bond acceptors (Lipinski definition) is 4. The van der Waals surface area contributed by atoms with Crippen LogP contribution >= 0.6 is 0 Å². The SMILES string of the molecule is CN(C)c1cccc(C(=O)N2CC[C@]3(C2)c2ccccc2S(=O)(=O)N3Cc2ccc(F)cc2)c1. The first-order chi connectivity index (χ1) is 16.2. The second-order valence-corrected chi connectivity index (χ2v) is 10.9. The summed E-state index contributed by atoms with van der Waals surface area (Å²) in [7, 11) is 0.0542. The van der Waals surface area contributed by atoms with Gasteiger partial charge in [-0.3, -0.25) is 4.79 Å². The second kappa shape index (κ2) is 8.21. The molecular formula is C26H26FN3O3S. The number of benzene rings is 3. The molecule has 3 aromatic rings. The number of amides is 1. The van der Waals surface area contributed by atoms with Gasteiger partial charge in [0.1, 0.15) is 5.82 Å². The average Bonchev–Trinajstić information content (AvgIpc) is 3.35. The molecule has 3 aromatic carbocycles.